The third kappa shape index (κ3) is 5.11. The van der Waals surface area contributed by atoms with Gasteiger partial charge in [0.05, 0.1) is 24.2 Å². The zero-order valence-corrected chi connectivity index (χ0v) is 11.0. The molecule has 1 atom stereocenters. The molecule has 0 amide bonds. The zero-order valence-electron chi connectivity index (χ0n) is 11.0. The maximum absolute atomic E-state index is 10.9. The normalized spacial score (nSPS) is 11.9. The minimum absolute atomic E-state index is 0.0186. The van der Waals surface area contributed by atoms with Crippen LogP contribution in [0.1, 0.15) is 6.92 Å². The second-order valence-corrected chi connectivity index (χ2v) is 4.12. The van der Waals surface area contributed by atoms with E-state index in [-0.39, 0.29) is 5.69 Å². The minimum Gasteiger partial charge on any atom is -0.496 e. The number of hydrogen-bond acceptors (Lipinski definition) is 6. The second kappa shape index (κ2) is 7.55. The Morgan fingerprint density at radius 2 is 2.21 bits per heavy atom. The number of rotatable bonds is 8. The average molecular weight is 269 g/mol. The van der Waals surface area contributed by atoms with Crippen LogP contribution in [0.15, 0.2) is 18.2 Å². The van der Waals surface area contributed by atoms with Crippen molar-refractivity contribution in [2.24, 2.45) is 0 Å². The molecule has 0 fully saturated rings. The van der Waals surface area contributed by atoms with E-state index in [9.17, 15) is 10.1 Å². The van der Waals surface area contributed by atoms with Crippen LogP contribution >= 0.6 is 0 Å². The van der Waals surface area contributed by atoms with Gasteiger partial charge in [0, 0.05) is 19.6 Å². The first-order valence-corrected chi connectivity index (χ1v) is 5.99. The molecule has 7 nitrogen and oxygen atoms in total. The van der Waals surface area contributed by atoms with Crippen molar-refractivity contribution in [1.29, 1.82) is 0 Å². The summed E-state index contributed by atoms with van der Waals surface area (Å²) in [6, 6.07) is 4.66. The van der Waals surface area contributed by atoms with Crippen molar-refractivity contribution in [1.82, 2.24) is 5.32 Å². The standard InChI is InChI=1S/C12H19N3O4/c1-9(16)8-13-5-6-14-11-4-3-10(19-2)7-12(11)15(17)18/h3-4,7,9,13-14,16H,5-6,8H2,1-2H3. The van der Waals surface area contributed by atoms with Crippen molar-refractivity contribution in [3.8, 4) is 5.75 Å². The Hall–Kier alpha value is -1.86. The van der Waals surface area contributed by atoms with E-state index in [1.54, 1.807) is 19.1 Å². The van der Waals surface area contributed by atoms with Crippen molar-refractivity contribution in [3.63, 3.8) is 0 Å². The molecule has 7 heteroatoms. The van der Waals surface area contributed by atoms with Crippen LogP contribution in [0.5, 0.6) is 5.75 Å². The van der Waals surface area contributed by atoms with Gasteiger partial charge < -0.3 is 20.5 Å². The summed E-state index contributed by atoms with van der Waals surface area (Å²) in [5.74, 6) is 0.449. The highest BCUT2D eigenvalue weighted by molar-refractivity contribution is 5.63. The van der Waals surface area contributed by atoms with Gasteiger partial charge in [-0.1, -0.05) is 0 Å². The lowest BCUT2D eigenvalue weighted by atomic mass is 10.2. The highest BCUT2D eigenvalue weighted by atomic mass is 16.6. The van der Waals surface area contributed by atoms with E-state index >= 15 is 0 Å². The fourth-order valence-corrected chi connectivity index (χ4v) is 1.54. The summed E-state index contributed by atoms with van der Waals surface area (Å²) in [7, 11) is 1.46. The van der Waals surface area contributed by atoms with Gasteiger partial charge in [0.15, 0.2) is 0 Å². The molecule has 1 unspecified atom stereocenters. The molecule has 1 aromatic carbocycles. The van der Waals surface area contributed by atoms with E-state index in [4.69, 9.17) is 9.84 Å². The van der Waals surface area contributed by atoms with E-state index < -0.39 is 11.0 Å². The van der Waals surface area contributed by atoms with Crippen molar-refractivity contribution in [2.45, 2.75) is 13.0 Å². The van der Waals surface area contributed by atoms with Gasteiger partial charge in [0.2, 0.25) is 0 Å². The van der Waals surface area contributed by atoms with Crippen LogP contribution in [0.2, 0.25) is 0 Å². The SMILES string of the molecule is COc1ccc(NCCNCC(C)O)c([N+](=O)[O-])c1. The topological polar surface area (TPSA) is 96.7 Å². The molecule has 0 radical (unpaired) electrons. The largest absolute Gasteiger partial charge is 0.496 e. The molecule has 0 saturated carbocycles. The van der Waals surface area contributed by atoms with Crippen molar-refractivity contribution < 1.29 is 14.8 Å². The summed E-state index contributed by atoms with van der Waals surface area (Å²) < 4.78 is 4.96. The Balaban J connectivity index is 2.55. The smallest absolute Gasteiger partial charge is 0.296 e. The molecule has 0 bridgehead atoms. The highest BCUT2D eigenvalue weighted by Crippen LogP contribution is 2.28. The number of aliphatic hydroxyl groups is 1. The maximum atomic E-state index is 10.9. The molecule has 0 spiro atoms. The predicted molar refractivity (Wildman–Crippen MR) is 72.7 cm³/mol. The number of nitro groups is 1. The molecule has 0 aliphatic rings. The number of methoxy groups -OCH3 is 1. The number of hydrogen-bond donors (Lipinski definition) is 3. The lowest BCUT2D eigenvalue weighted by Gasteiger charge is -2.10. The van der Waals surface area contributed by atoms with Gasteiger partial charge in [-0.3, -0.25) is 10.1 Å². The first kappa shape index (κ1) is 15.2. The van der Waals surface area contributed by atoms with Crippen molar-refractivity contribution in [2.75, 3.05) is 32.1 Å². The Labute approximate surface area is 111 Å². The van der Waals surface area contributed by atoms with Crippen LogP contribution in [0.4, 0.5) is 11.4 Å². The predicted octanol–water partition coefficient (Wildman–Crippen LogP) is 0.986. The fraction of sp³-hybridized carbons (Fsp3) is 0.500. The Bertz CT molecular complexity index is 423. The second-order valence-electron chi connectivity index (χ2n) is 4.12. The zero-order chi connectivity index (χ0) is 14.3. The first-order chi connectivity index (χ1) is 9.04. The number of ether oxygens (including phenoxy) is 1. The maximum Gasteiger partial charge on any atom is 0.296 e. The molecule has 0 saturated heterocycles. The molecule has 106 valence electrons. The fourth-order valence-electron chi connectivity index (χ4n) is 1.54. The van der Waals surface area contributed by atoms with E-state index in [1.807, 2.05) is 0 Å². The van der Waals surface area contributed by atoms with Gasteiger partial charge in [-0.25, -0.2) is 0 Å². The monoisotopic (exact) mass is 269 g/mol. The quantitative estimate of drug-likeness (QED) is 0.370. The molecule has 1 rings (SSSR count). The van der Waals surface area contributed by atoms with Gasteiger partial charge in [-0.05, 0) is 19.1 Å². The number of anilines is 1. The third-order valence-electron chi connectivity index (χ3n) is 2.46. The number of nitrogens with one attached hydrogen (secondary N) is 2. The van der Waals surface area contributed by atoms with E-state index in [0.29, 0.717) is 31.1 Å². The number of aliphatic hydroxyl groups excluding tert-OH is 1. The summed E-state index contributed by atoms with van der Waals surface area (Å²) in [5.41, 5.74) is 0.430. The molecule has 0 heterocycles. The van der Waals surface area contributed by atoms with Gasteiger partial charge in [-0.2, -0.15) is 0 Å². The molecule has 3 N–H and O–H groups in total. The third-order valence-corrected chi connectivity index (χ3v) is 2.46. The van der Waals surface area contributed by atoms with Gasteiger partial charge in [0.25, 0.3) is 5.69 Å². The lowest BCUT2D eigenvalue weighted by Crippen LogP contribution is -2.29. The van der Waals surface area contributed by atoms with Crippen LogP contribution in [-0.2, 0) is 0 Å². The van der Waals surface area contributed by atoms with Gasteiger partial charge >= 0.3 is 0 Å². The molecular weight excluding hydrogens is 250 g/mol. The Kier molecular flexibility index (Phi) is 6.04. The summed E-state index contributed by atoms with van der Waals surface area (Å²) in [6.45, 7) is 3.31. The molecule has 0 aliphatic carbocycles. The highest BCUT2D eigenvalue weighted by Gasteiger charge is 2.14. The number of nitro benzene ring substituents is 1. The molecule has 0 aromatic heterocycles. The van der Waals surface area contributed by atoms with Crippen LogP contribution in [0.3, 0.4) is 0 Å². The summed E-state index contributed by atoms with van der Waals surface area (Å²) in [6.07, 6.45) is -0.407. The molecule has 19 heavy (non-hydrogen) atoms. The van der Waals surface area contributed by atoms with Crippen molar-refractivity contribution >= 4 is 11.4 Å². The first-order valence-electron chi connectivity index (χ1n) is 5.99. The van der Waals surface area contributed by atoms with Crippen LogP contribution in [0, 0.1) is 10.1 Å². The van der Waals surface area contributed by atoms with Crippen LogP contribution < -0.4 is 15.4 Å². The van der Waals surface area contributed by atoms with Gasteiger partial charge in [0.1, 0.15) is 11.4 Å². The van der Waals surface area contributed by atoms with Crippen molar-refractivity contribution in [3.05, 3.63) is 28.3 Å². The van der Waals surface area contributed by atoms with Crippen LogP contribution in [0.25, 0.3) is 0 Å². The number of nitrogens with zero attached hydrogens (tertiary/aromatic N) is 1. The Morgan fingerprint density at radius 3 is 2.79 bits per heavy atom. The van der Waals surface area contributed by atoms with E-state index in [0.717, 1.165) is 0 Å². The van der Waals surface area contributed by atoms with E-state index in [2.05, 4.69) is 10.6 Å². The average Bonchev–Trinajstić information content (AvgIpc) is 2.38. The van der Waals surface area contributed by atoms with E-state index in [1.165, 1.54) is 13.2 Å². The number of benzene rings is 1. The summed E-state index contributed by atoms with van der Waals surface area (Å²) in [4.78, 5) is 10.5. The molecule has 0 aliphatic heterocycles. The minimum atomic E-state index is -0.450. The summed E-state index contributed by atoms with van der Waals surface area (Å²) in [5, 5.41) is 26.0. The molecular formula is C12H19N3O4. The Morgan fingerprint density at radius 1 is 1.47 bits per heavy atom. The lowest BCUT2D eigenvalue weighted by molar-refractivity contribution is -0.384. The summed E-state index contributed by atoms with van der Waals surface area (Å²) >= 11 is 0. The molecule has 1 aromatic rings. The van der Waals surface area contributed by atoms with Crippen LogP contribution in [-0.4, -0.2) is 42.9 Å². The van der Waals surface area contributed by atoms with Gasteiger partial charge in [-0.15, -0.1) is 0 Å².